The van der Waals surface area contributed by atoms with E-state index in [2.05, 4.69) is 10.5 Å². The first-order chi connectivity index (χ1) is 17.7. The Morgan fingerprint density at radius 2 is 1.92 bits per heavy atom. The van der Waals surface area contributed by atoms with Crippen molar-refractivity contribution in [2.45, 2.75) is 52.0 Å². The van der Waals surface area contributed by atoms with E-state index in [0.717, 1.165) is 12.0 Å². The van der Waals surface area contributed by atoms with Crippen molar-refractivity contribution in [3.8, 4) is 0 Å². The first kappa shape index (κ1) is 24.4. The van der Waals surface area contributed by atoms with Crippen molar-refractivity contribution in [1.29, 1.82) is 0 Å². The number of nitrogens with one attached hydrogen (secondary N) is 1. The second kappa shape index (κ2) is 9.61. The van der Waals surface area contributed by atoms with Gasteiger partial charge in [-0.05, 0) is 75.4 Å². The molecule has 3 aromatic rings. The van der Waals surface area contributed by atoms with Gasteiger partial charge in [-0.15, -0.1) is 0 Å². The average molecular weight is 505 g/mol. The third-order valence-electron chi connectivity index (χ3n) is 6.94. The minimum Gasteiger partial charge on any atom is -0.455 e. The van der Waals surface area contributed by atoms with Crippen molar-refractivity contribution in [3.63, 3.8) is 0 Å². The van der Waals surface area contributed by atoms with Crippen LogP contribution in [0, 0.1) is 22.9 Å². The second-order valence-electron chi connectivity index (χ2n) is 9.35. The van der Waals surface area contributed by atoms with Crippen molar-refractivity contribution in [1.82, 2.24) is 5.43 Å². The molecule has 2 amide bonds. The Morgan fingerprint density at radius 3 is 2.65 bits per heavy atom. The van der Waals surface area contributed by atoms with Crippen molar-refractivity contribution >= 4 is 28.9 Å². The molecular weight excluding hydrogens is 479 g/mol. The number of halogens is 1. The Hall–Kier alpha value is -4.34. The zero-order valence-electron chi connectivity index (χ0n) is 20.4. The average Bonchev–Trinajstić information content (AvgIpc) is 3.24. The Labute approximate surface area is 212 Å². The summed E-state index contributed by atoms with van der Waals surface area (Å²) in [6.45, 7) is 3.76. The van der Waals surface area contributed by atoms with Crippen molar-refractivity contribution in [2.24, 2.45) is 5.10 Å². The zero-order chi connectivity index (χ0) is 26.3. The van der Waals surface area contributed by atoms with Gasteiger partial charge >= 0.3 is 0 Å². The predicted octanol–water partition coefficient (Wildman–Crippen LogP) is 5.09. The van der Waals surface area contributed by atoms with Gasteiger partial charge in [-0.25, -0.2) is 9.82 Å². The van der Waals surface area contributed by atoms with Gasteiger partial charge in [0, 0.05) is 47.0 Å². The molecule has 10 heteroatoms. The Kier molecular flexibility index (Phi) is 6.32. The lowest BCUT2D eigenvalue weighted by Gasteiger charge is -2.34. The minimum absolute atomic E-state index is 0.0823. The smallest absolute Gasteiger partial charge is 0.294 e. The lowest BCUT2D eigenvalue weighted by atomic mass is 9.92. The van der Waals surface area contributed by atoms with E-state index >= 15 is 0 Å². The number of carbonyl (C=O) groups excluding carboxylic acids is 2. The van der Waals surface area contributed by atoms with Crippen LogP contribution in [0.3, 0.4) is 0 Å². The van der Waals surface area contributed by atoms with E-state index in [1.807, 2.05) is 6.92 Å². The molecule has 2 heterocycles. The largest absolute Gasteiger partial charge is 0.455 e. The van der Waals surface area contributed by atoms with Gasteiger partial charge in [0.05, 0.1) is 10.6 Å². The highest BCUT2D eigenvalue weighted by Gasteiger charge is 2.35. The number of nitro benzene ring substituents is 1. The Bertz CT molecular complexity index is 1440. The maximum atomic E-state index is 13.8. The second-order valence-corrected chi connectivity index (χ2v) is 9.35. The van der Waals surface area contributed by atoms with Gasteiger partial charge in [-0.2, -0.15) is 5.10 Å². The fourth-order valence-corrected chi connectivity index (χ4v) is 5.04. The number of amides is 2. The van der Waals surface area contributed by atoms with Crippen LogP contribution in [-0.2, 0) is 12.8 Å². The standard InChI is InChI=1S/C27H25FN4O5/c1-15-6-7-18-14-19(28)10-13-22(18)31(15)27(34)25-16(2)24-21(4-3-5-23(24)37-25)29-30-26(33)17-8-11-20(12-9-17)32(35)36/h8-15H,3-7H2,1-2H3,(H,30,33)/b29-21+. The van der Waals surface area contributed by atoms with Gasteiger partial charge in [-0.1, -0.05) is 0 Å². The molecular formula is C27H25FN4O5. The maximum absolute atomic E-state index is 13.8. The number of carbonyl (C=O) groups is 2. The summed E-state index contributed by atoms with van der Waals surface area (Å²) in [6, 6.07) is 9.63. The van der Waals surface area contributed by atoms with Crippen LogP contribution < -0.4 is 10.3 Å². The van der Waals surface area contributed by atoms with Crippen molar-refractivity contribution < 1.29 is 23.3 Å². The van der Waals surface area contributed by atoms with E-state index in [9.17, 15) is 24.1 Å². The lowest BCUT2D eigenvalue weighted by Crippen LogP contribution is -2.42. The van der Waals surface area contributed by atoms with Crippen molar-refractivity contribution in [2.75, 3.05) is 4.90 Å². The molecule has 1 atom stereocenters. The molecule has 5 rings (SSSR count). The van der Waals surface area contributed by atoms with Crippen LogP contribution in [0.15, 0.2) is 52.0 Å². The highest BCUT2D eigenvalue weighted by atomic mass is 19.1. The lowest BCUT2D eigenvalue weighted by molar-refractivity contribution is -0.384. The number of nitro groups is 1. The number of aryl methyl sites for hydroxylation is 2. The summed E-state index contributed by atoms with van der Waals surface area (Å²) < 4.78 is 19.9. The molecule has 37 heavy (non-hydrogen) atoms. The van der Waals surface area contributed by atoms with Crippen LogP contribution in [0.25, 0.3) is 0 Å². The van der Waals surface area contributed by atoms with E-state index in [1.165, 1.54) is 36.4 Å². The number of nitrogens with zero attached hydrogens (tertiary/aromatic N) is 3. The van der Waals surface area contributed by atoms with Gasteiger partial charge in [0.1, 0.15) is 11.6 Å². The first-order valence-electron chi connectivity index (χ1n) is 12.1. The summed E-state index contributed by atoms with van der Waals surface area (Å²) in [5, 5.41) is 15.2. The number of benzene rings is 2. The normalized spacial score (nSPS) is 17.8. The highest BCUT2D eigenvalue weighted by Crippen LogP contribution is 2.36. The number of hydrogen-bond acceptors (Lipinski definition) is 6. The monoisotopic (exact) mass is 504 g/mol. The third-order valence-corrected chi connectivity index (χ3v) is 6.94. The van der Waals surface area contributed by atoms with Gasteiger partial charge in [0.25, 0.3) is 17.5 Å². The molecule has 1 aliphatic heterocycles. The van der Waals surface area contributed by atoms with Gasteiger partial charge in [-0.3, -0.25) is 19.7 Å². The van der Waals surface area contributed by atoms with E-state index in [0.29, 0.717) is 54.0 Å². The molecule has 9 nitrogen and oxygen atoms in total. The van der Waals surface area contributed by atoms with Crippen LogP contribution in [0.4, 0.5) is 15.8 Å². The van der Waals surface area contributed by atoms with Crippen LogP contribution in [0.5, 0.6) is 0 Å². The summed E-state index contributed by atoms with van der Waals surface area (Å²) in [5.41, 5.74) is 6.07. The van der Waals surface area contributed by atoms with E-state index in [1.54, 1.807) is 17.9 Å². The molecule has 1 aliphatic carbocycles. The summed E-state index contributed by atoms with van der Waals surface area (Å²) in [5.74, 6) is -0.272. The SMILES string of the molecule is Cc1c(C(=O)N2c3ccc(F)cc3CCC2C)oc2c1/C(=N/NC(=O)c1ccc([N+](=O)[O-])cc1)CCC2. The van der Waals surface area contributed by atoms with E-state index < -0.39 is 10.8 Å². The molecule has 2 aliphatic rings. The topological polar surface area (TPSA) is 118 Å². The van der Waals surface area contributed by atoms with E-state index in [-0.39, 0.29) is 34.8 Å². The quantitative estimate of drug-likeness (QED) is 0.392. The van der Waals surface area contributed by atoms with Crippen LogP contribution >= 0.6 is 0 Å². The molecule has 0 saturated heterocycles. The molecule has 1 aromatic heterocycles. The van der Waals surface area contributed by atoms with Crippen LogP contribution in [0.1, 0.15) is 69.5 Å². The number of furan rings is 1. The van der Waals surface area contributed by atoms with Crippen LogP contribution in [0.2, 0.25) is 0 Å². The molecule has 1 N–H and O–H groups in total. The fraction of sp³-hybridized carbons (Fsp3) is 0.296. The first-order valence-corrected chi connectivity index (χ1v) is 12.1. The molecule has 0 saturated carbocycles. The number of rotatable bonds is 4. The molecule has 1 unspecified atom stereocenters. The summed E-state index contributed by atoms with van der Waals surface area (Å²) in [6.07, 6.45) is 3.36. The number of fused-ring (bicyclic) bond motifs is 2. The molecule has 0 radical (unpaired) electrons. The van der Waals surface area contributed by atoms with Crippen LogP contribution in [-0.4, -0.2) is 28.5 Å². The van der Waals surface area contributed by atoms with Crippen molar-refractivity contribution in [3.05, 3.63) is 92.2 Å². The van der Waals surface area contributed by atoms with E-state index in [4.69, 9.17) is 4.42 Å². The number of non-ortho nitro benzene ring substituents is 1. The maximum Gasteiger partial charge on any atom is 0.294 e. The predicted molar refractivity (Wildman–Crippen MR) is 134 cm³/mol. The Morgan fingerprint density at radius 1 is 1.16 bits per heavy atom. The molecule has 0 fully saturated rings. The number of hydrazone groups is 1. The number of hydrogen-bond donors (Lipinski definition) is 1. The van der Waals surface area contributed by atoms with Gasteiger partial charge in [0.15, 0.2) is 5.76 Å². The summed E-state index contributed by atoms with van der Waals surface area (Å²) in [7, 11) is 0. The Balaban J connectivity index is 1.42. The zero-order valence-corrected chi connectivity index (χ0v) is 20.4. The summed E-state index contributed by atoms with van der Waals surface area (Å²) >= 11 is 0. The highest BCUT2D eigenvalue weighted by molar-refractivity contribution is 6.11. The minimum atomic E-state index is -0.534. The fourth-order valence-electron chi connectivity index (χ4n) is 5.04. The third kappa shape index (κ3) is 4.50. The molecule has 2 aromatic carbocycles. The molecule has 0 spiro atoms. The van der Waals surface area contributed by atoms with Gasteiger partial charge < -0.3 is 9.32 Å². The molecule has 190 valence electrons. The van der Waals surface area contributed by atoms with Gasteiger partial charge in [0.2, 0.25) is 0 Å². The number of anilines is 1. The molecule has 0 bridgehead atoms. The summed E-state index contributed by atoms with van der Waals surface area (Å²) in [4.78, 5) is 38.2.